The van der Waals surface area contributed by atoms with E-state index in [1.165, 1.54) is 19.3 Å². The lowest BCUT2D eigenvalue weighted by molar-refractivity contribution is 0.0813. The summed E-state index contributed by atoms with van der Waals surface area (Å²) >= 11 is 0. The van der Waals surface area contributed by atoms with Gasteiger partial charge in [-0.15, -0.1) is 0 Å². The van der Waals surface area contributed by atoms with Gasteiger partial charge in [-0.25, -0.2) is 9.97 Å². The zero-order valence-corrected chi connectivity index (χ0v) is 12.0. The van der Waals surface area contributed by atoms with Crippen molar-refractivity contribution in [3.05, 3.63) is 24.3 Å². The van der Waals surface area contributed by atoms with E-state index >= 15 is 0 Å². The molecule has 0 spiro atoms. The van der Waals surface area contributed by atoms with E-state index in [0.717, 1.165) is 29.6 Å². The van der Waals surface area contributed by atoms with Crippen LogP contribution in [-0.2, 0) is 0 Å². The molecule has 1 fully saturated rings. The highest BCUT2D eigenvalue weighted by Gasteiger charge is 2.24. The molecule has 0 radical (unpaired) electrons. The molecule has 1 aliphatic carbocycles. The van der Waals surface area contributed by atoms with Gasteiger partial charge in [0.1, 0.15) is 17.7 Å². The molecule has 0 unspecified atom stereocenters. The highest BCUT2D eigenvalue weighted by molar-refractivity contribution is 5.97. The Kier molecular flexibility index (Phi) is 3.42. The topological polar surface area (TPSA) is 51.0 Å². The minimum Gasteiger partial charge on any atom is -0.343 e. The Morgan fingerprint density at radius 3 is 2.75 bits per heavy atom. The molecule has 3 rings (SSSR count). The SMILES string of the molecule is CN(C)C(=O)c1cc2cncnc2n1C1CCCCC1. The van der Waals surface area contributed by atoms with Gasteiger partial charge >= 0.3 is 0 Å². The molecule has 1 saturated carbocycles. The number of aromatic nitrogens is 3. The fourth-order valence-corrected chi connectivity index (χ4v) is 3.07. The molecule has 0 atom stereocenters. The van der Waals surface area contributed by atoms with E-state index in [1.807, 2.05) is 6.07 Å². The maximum Gasteiger partial charge on any atom is 0.270 e. The monoisotopic (exact) mass is 272 g/mol. The summed E-state index contributed by atoms with van der Waals surface area (Å²) in [6.07, 6.45) is 9.35. The van der Waals surface area contributed by atoms with Gasteiger partial charge in [0.05, 0.1) is 0 Å². The Balaban J connectivity index is 2.14. The van der Waals surface area contributed by atoms with Gasteiger partial charge in [0.2, 0.25) is 0 Å². The minimum absolute atomic E-state index is 0.0357. The summed E-state index contributed by atoms with van der Waals surface area (Å²) in [5.74, 6) is 0.0357. The van der Waals surface area contributed by atoms with E-state index in [9.17, 15) is 4.79 Å². The van der Waals surface area contributed by atoms with Crippen molar-refractivity contribution in [2.24, 2.45) is 0 Å². The molecule has 2 heterocycles. The molecule has 2 aromatic rings. The van der Waals surface area contributed by atoms with Crippen molar-refractivity contribution < 1.29 is 4.79 Å². The standard InChI is InChI=1S/C15H20N4O/c1-18(2)15(20)13-8-11-9-16-10-17-14(11)19(13)12-6-4-3-5-7-12/h8-10,12H,3-7H2,1-2H3. The highest BCUT2D eigenvalue weighted by atomic mass is 16.2. The Morgan fingerprint density at radius 1 is 1.30 bits per heavy atom. The quantitative estimate of drug-likeness (QED) is 0.844. The van der Waals surface area contributed by atoms with Gasteiger partial charge in [-0.3, -0.25) is 4.79 Å². The predicted octanol–water partition coefficient (Wildman–Crippen LogP) is 2.64. The third kappa shape index (κ3) is 2.17. The van der Waals surface area contributed by atoms with Gasteiger partial charge < -0.3 is 9.47 Å². The van der Waals surface area contributed by atoms with Crippen molar-refractivity contribution >= 4 is 16.9 Å². The van der Waals surface area contributed by atoms with Crippen molar-refractivity contribution in [1.29, 1.82) is 0 Å². The van der Waals surface area contributed by atoms with Gasteiger partial charge in [0.15, 0.2) is 0 Å². The lowest BCUT2D eigenvalue weighted by atomic mass is 9.95. The average molecular weight is 272 g/mol. The Hall–Kier alpha value is -1.91. The molecule has 0 saturated heterocycles. The second kappa shape index (κ2) is 5.23. The molecule has 2 aromatic heterocycles. The van der Waals surface area contributed by atoms with Crippen molar-refractivity contribution in [1.82, 2.24) is 19.4 Å². The second-order valence-electron chi connectivity index (χ2n) is 5.69. The number of carbonyl (C=O) groups is 1. The number of carbonyl (C=O) groups excluding carboxylic acids is 1. The van der Waals surface area contributed by atoms with Crippen LogP contribution in [0.25, 0.3) is 11.0 Å². The average Bonchev–Trinajstić information content (AvgIpc) is 2.86. The van der Waals surface area contributed by atoms with E-state index in [-0.39, 0.29) is 5.91 Å². The molecule has 1 aliphatic rings. The van der Waals surface area contributed by atoms with Gasteiger partial charge in [-0.2, -0.15) is 0 Å². The van der Waals surface area contributed by atoms with Crippen LogP contribution in [0.15, 0.2) is 18.6 Å². The molecule has 5 heteroatoms. The second-order valence-corrected chi connectivity index (χ2v) is 5.69. The molecule has 0 aliphatic heterocycles. The van der Waals surface area contributed by atoms with Crippen LogP contribution < -0.4 is 0 Å². The number of amides is 1. The highest BCUT2D eigenvalue weighted by Crippen LogP contribution is 2.33. The summed E-state index contributed by atoms with van der Waals surface area (Å²) in [6.45, 7) is 0. The number of fused-ring (bicyclic) bond motifs is 1. The fourth-order valence-electron chi connectivity index (χ4n) is 3.07. The Morgan fingerprint density at radius 2 is 2.05 bits per heavy atom. The van der Waals surface area contributed by atoms with Gasteiger partial charge in [0, 0.05) is 31.7 Å². The van der Waals surface area contributed by atoms with E-state index in [1.54, 1.807) is 31.5 Å². The minimum atomic E-state index is 0.0357. The number of hydrogen-bond acceptors (Lipinski definition) is 3. The van der Waals surface area contributed by atoms with Crippen LogP contribution in [0.4, 0.5) is 0 Å². The number of nitrogens with zero attached hydrogens (tertiary/aromatic N) is 4. The molecule has 0 bridgehead atoms. The van der Waals surface area contributed by atoms with E-state index < -0.39 is 0 Å². The van der Waals surface area contributed by atoms with Crippen molar-refractivity contribution in [3.8, 4) is 0 Å². The molecule has 5 nitrogen and oxygen atoms in total. The maximum atomic E-state index is 12.4. The third-order valence-electron chi connectivity index (χ3n) is 4.06. The van der Waals surface area contributed by atoms with Crippen molar-refractivity contribution in [2.75, 3.05) is 14.1 Å². The third-order valence-corrected chi connectivity index (χ3v) is 4.06. The Labute approximate surface area is 118 Å². The van der Waals surface area contributed by atoms with Crippen molar-refractivity contribution in [3.63, 3.8) is 0 Å². The van der Waals surface area contributed by atoms with Crippen molar-refractivity contribution in [2.45, 2.75) is 38.1 Å². The zero-order chi connectivity index (χ0) is 14.1. The summed E-state index contributed by atoms with van der Waals surface area (Å²) in [7, 11) is 3.58. The fraction of sp³-hybridized carbons (Fsp3) is 0.533. The van der Waals surface area contributed by atoms with Crippen LogP contribution in [0, 0.1) is 0 Å². The maximum absolute atomic E-state index is 12.4. The molecule has 0 aromatic carbocycles. The molecular formula is C15H20N4O. The van der Waals surface area contributed by atoms with E-state index in [4.69, 9.17) is 0 Å². The smallest absolute Gasteiger partial charge is 0.270 e. The molecule has 0 N–H and O–H groups in total. The van der Waals surface area contributed by atoms with Crippen LogP contribution >= 0.6 is 0 Å². The molecule has 106 valence electrons. The summed E-state index contributed by atoms with van der Waals surface area (Å²) in [6, 6.07) is 2.31. The lowest BCUT2D eigenvalue weighted by Crippen LogP contribution is -2.26. The molecule has 1 amide bonds. The summed E-state index contributed by atoms with van der Waals surface area (Å²) in [4.78, 5) is 22.5. The largest absolute Gasteiger partial charge is 0.343 e. The summed E-state index contributed by atoms with van der Waals surface area (Å²) in [5, 5.41) is 0.947. The number of hydrogen-bond donors (Lipinski definition) is 0. The van der Waals surface area contributed by atoms with Gasteiger partial charge in [-0.1, -0.05) is 19.3 Å². The van der Waals surface area contributed by atoms with Crippen LogP contribution in [0.3, 0.4) is 0 Å². The van der Waals surface area contributed by atoms with Crippen LogP contribution in [0.5, 0.6) is 0 Å². The first-order valence-corrected chi connectivity index (χ1v) is 7.21. The first-order chi connectivity index (χ1) is 9.68. The van der Waals surface area contributed by atoms with Gasteiger partial charge in [0.25, 0.3) is 5.91 Å². The molecule has 20 heavy (non-hydrogen) atoms. The first kappa shape index (κ1) is 13.1. The van der Waals surface area contributed by atoms with E-state index in [0.29, 0.717) is 6.04 Å². The predicted molar refractivity (Wildman–Crippen MR) is 77.7 cm³/mol. The first-order valence-electron chi connectivity index (χ1n) is 7.21. The summed E-state index contributed by atoms with van der Waals surface area (Å²) < 4.78 is 2.14. The van der Waals surface area contributed by atoms with Gasteiger partial charge in [-0.05, 0) is 18.9 Å². The van der Waals surface area contributed by atoms with Crippen LogP contribution in [-0.4, -0.2) is 39.4 Å². The number of rotatable bonds is 2. The normalized spacial score (nSPS) is 16.5. The van der Waals surface area contributed by atoms with Crippen LogP contribution in [0.1, 0.15) is 48.6 Å². The summed E-state index contributed by atoms with van der Waals surface area (Å²) in [5.41, 5.74) is 1.62. The lowest BCUT2D eigenvalue weighted by Gasteiger charge is -2.26. The zero-order valence-electron chi connectivity index (χ0n) is 12.0. The Bertz CT molecular complexity index is 626. The van der Waals surface area contributed by atoms with Crippen LogP contribution in [0.2, 0.25) is 0 Å². The molecular weight excluding hydrogens is 252 g/mol. The van der Waals surface area contributed by atoms with E-state index in [2.05, 4.69) is 14.5 Å².